The maximum Gasteiger partial charge on any atom is 0.416 e. The Bertz CT molecular complexity index is 1350. The predicted octanol–water partition coefficient (Wildman–Crippen LogP) is 7.74. The standard InChI is InChI=1S/C31H30ClF3N2O3/c1-2-3-27(22-5-7-24(8-6-22)30(40)37-15-14-29(38)39)28(23-9-11-26(32)12-10-23)13-4-20-16-21(19-36)18-25(17-20)31(33,34)35/h5-12,16-18,27-28H,2-4,13-15H2,1H3,(H,37,40)(H,38,39)/t27-,28+/m1/s1. The lowest BCUT2D eigenvalue weighted by Gasteiger charge is -2.29. The van der Waals surface area contributed by atoms with E-state index in [1.165, 1.54) is 6.07 Å². The van der Waals surface area contributed by atoms with Crippen molar-refractivity contribution in [2.75, 3.05) is 6.54 Å². The van der Waals surface area contributed by atoms with Gasteiger partial charge in [-0.1, -0.05) is 49.2 Å². The van der Waals surface area contributed by atoms with Gasteiger partial charge in [-0.2, -0.15) is 18.4 Å². The molecule has 0 radical (unpaired) electrons. The Kier molecular flexibility index (Phi) is 10.7. The molecule has 2 atom stereocenters. The number of nitriles is 1. The van der Waals surface area contributed by atoms with Crippen LogP contribution in [0.15, 0.2) is 66.7 Å². The summed E-state index contributed by atoms with van der Waals surface area (Å²) in [7, 11) is 0. The number of hydrogen-bond acceptors (Lipinski definition) is 3. The molecule has 1 amide bonds. The number of halogens is 4. The second-order valence-electron chi connectivity index (χ2n) is 9.64. The van der Waals surface area contributed by atoms with Crippen molar-refractivity contribution in [1.29, 1.82) is 5.26 Å². The van der Waals surface area contributed by atoms with E-state index >= 15 is 0 Å². The summed E-state index contributed by atoms with van der Waals surface area (Å²) in [6, 6.07) is 19.8. The van der Waals surface area contributed by atoms with Crippen LogP contribution in [-0.2, 0) is 17.4 Å². The van der Waals surface area contributed by atoms with Gasteiger partial charge in [0.2, 0.25) is 0 Å². The molecule has 0 unspecified atom stereocenters. The van der Waals surface area contributed by atoms with E-state index in [1.54, 1.807) is 24.3 Å². The highest BCUT2D eigenvalue weighted by molar-refractivity contribution is 6.30. The van der Waals surface area contributed by atoms with Crippen LogP contribution in [0.2, 0.25) is 5.02 Å². The maximum absolute atomic E-state index is 13.5. The largest absolute Gasteiger partial charge is 0.481 e. The van der Waals surface area contributed by atoms with Crippen molar-refractivity contribution in [2.24, 2.45) is 0 Å². The molecule has 40 heavy (non-hydrogen) atoms. The molecule has 0 saturated carbocycles. The predicted molar refractivity (Wildman–Crippen MR) is 147 cm³/mol. The Labute approximate surface area is 236 Å². The van der Waals surface area contributed by atoms with E-state index < -0.39 is 17.7 Å². The van der Waals surface area contributed by atoms with Crippen LogP contribution in [0.1, 0.15) is 82.6 Å². The van der Waals surface area contributed by atoms with Crippen LogP contribution in [0, 0.1) is 11.3 Å². The third-order valence-corrected chi connectivity index (χ3v) is 7.05. The highest BCUT2D eigenvalue weighted by Crippen LogP contribution is 2.40. The van der Waals surface area contributed by atoms with Crippen LogP contribution < -0.4 is 5.32 Å². The van der Waals surface area contributed by atoms with Gasteiger partial charge in [-0.15, -0.1) is 0 Å². The Morgan fingerprint density at radius 3 is 2.12 bits per heavy atom. The average Bonchev–Trinajstić information content (AvgIpc) is 2.92. The number of hydrogen-bond donors (Lipinski definition) is 2. The number of nitrogens with zero attached hydrogens (tertiary/aromatic N) is 1. The fraction of sp³-hybridized carbons (Fsp3) is 0.323. The van der Waals surface area contributed by atoms with Crippen LogP contribution in [0.3, 0.4) is 0 Å². The highest BCUT2D eigenvalue weighted by atomic mass is 35.5. The van der Waals surface area contributed by atoms with Crippen molar-refractivity contribution in [3.63, 3.8) is 0 Å². The van der Waals surface area contributed by atoms with E-state index in [-0.39, 0.29) is 36.3 Å². The molecule has 0 saturated heterocycles. The van der Waals surface area contributed by atoms with Crippen molar-refractivity contribution in [2.45, 2.75) is 57.0 Å². The van der Waals surface area contributed by atoms with Gasteiger partial charge in [-0.25, -0.2) is 0 Å². The van der Waals surface area contributed by atoms with Gasteiger partial charge >= 0.3 is 12.1 Å². The number of carboxylic acid groups (broad SMARTS) is 1. The second-order valence-corrected chi connectivity index (χ2v) is 10.1. The van der Waals surface area contributed by atoms with Crippen molar-refractivity contribution in [3.8, 4) is 6.07 Å². The minimum Gasteiger partial charge on any atom is -0.481 e. The first-order valence-corrected chi connectivity index (χ1v) is 13.4. The van der Waals surface area contributed by atoms with Gasteiger partial charge in [0.25, 0.3) is 5.91 Å². The van der Waals surface area contributed by atoms with E-state index in [9.17, 15) is 28.0 Å². The van der Waals surface area contributed by atoms with Gasteiger partial charge in [0.1, 0.15) is 0 Å². The zero-order chi connectivity index (χ0) is 29.3. The highest BCUT2D eigenvalue weighted by Gasteiger charge is 2.31. The minimum absolute atomic E-state index is 0.00321. The van der Waals surface area contributed by atoms with E-state index in [1.807, 2.05) is 30.3 Å². The number of rotatable bonds is 12. The molecule has 0 bridgehead atoms. The van der Waals surface area contributed by atoms with Crippen LogP contribution in [0.5, 0.6) is 0 Å². The minimum atomic E-state index is -4.55. The molecule has 0 aromatic heterocycles. The van der Waals surface area contributed by atoms with Crippen molar-refractivity contribution < 1.29 is 27.9 Å². The number of carboxylic acids is 1. The van der Waals surface area contributed by atoms with E-state index in [2.05, 4.69) is 12.2 Å². The average molecular weight is 571 g/mol. The van der Waals surface area contributed by atoms with Gasteiger partial charge in [0.05, 0.1) is 23.6 Å². The molecule has 9 heteroatoms. The van der Waals surface area contributed by atoms with E-state index in [4.69, 9.17) is 16.7 Å². The molecule has 0 heterocycles. The number of amides is 1. The smallest absolute Gasteiger partial charge is 0.416 e. The molecule has 210 valence electrons. The van der Waals surface area contributed by atoms with Gasteiger partial charge in [0.15, 0.2) is 0 Å². The number of nitrogens with one attached hydrogen (secondary N) is 1. The fourth-order valence-electron chi connectivity index (χ4n) is 4.87. The lowest BCUT2D eigenvalue weighted by Crippen LogP contribution is -2.26. The summed E-state index contributed by atoms with van der Waals surface area (Å²) in [6.07, 6.45) is -2.22. The summed E-state index contributed by atoms with van der Waals surface area (Å²) in [5.41, 5.74) is 1.94. The molecule has 0 aliphatic heterocycles. The quantitative estimate of drug-likeness (QED) is 0.233. The maximum atomic E-state index is 13.5. The van der Waals surface area contributed by atoms with Crippen molar-refractivity contribution >= 4 is 23.5 Å². The summed E-state index contributed by atoms with van der Waals surface area (Å²) in [4.78, 5) is 23.1. The third kappa shape index (κ3) is 8.59. The van der Waals surface area contributed by atoms with Crippen LogP contribution in [-0.4, -0.2) is 23.5 Å². The molecule has 0 spiro atoms. The Morgan fingerprint density at radius 1 is 0.975 bits per heavy atom. The lowest BCUT2D eigenvalue weighted by molar-refractivity contribution is -0.138. The Balaban J connectivity index is 1.91. The van der Waals surface area contributed by atoms with Crippen molar-refractivity contribution in [1.82, 2.24) is 5.32 Å². The summed E-state index contributed by atoms with van der Waals surface area (Å²) in [5.74, 6) is -1.45. The van der Waals surface area contributed by atoms with Gasteiger partial charge in [-0.3, -0.25) is 9.59 Å². The zero-order valence-corrected chi connectivity index (χ0v) is 22.7. The van der Waals surface area contributed by atoms with Crippen molar-refractivity contribution in [3.05, 3.63) is 105 Å². The molecule has 3 aromatic carbocycles. The van der Waals surface area contributed by atoms with Crippen LogP contribution in [0.25, 0.3) is 0 Å². The van der Waals surface area contributed by atoms with Gasteiger partial charge in [-0.05, 0) is 90.3 Å². The summed E-state index contributed by atoms with van der Waals surface area (Å²) < 4.78 is 40.4. The number of carbonyl (C=O) groups is 2. The molecule has 3 aromatic rings. The molecule has 0 aliphatic rings. The van der Waals surface area contributed by atoms with Crippen LogP contribution >= 0.6 is 11.6 Å². The molecule has 0 aliphatic carbocycles. The fourth-order valence-corrected chi connectivity index (χ4v) is 5.00. The normalized spacial score (nSPS) is 12.8. The van der Waals surface area contributed by atoms with Crippen LogP contribution in [0.4, 0.5) is 13.2 Å². The molecule has 5 nitrogen and oxygen atoms in total. The molecule has 2 N–H and O–H groups in total. The lowest BCUT2D eigenvalue weighted by atomic mass is 9.76. The SMILES string of the molecule is CCC[C@H](c1ccc(C(=O)NCCC(=O)O)cc1)[C@@H](CCc1cc(C#N)cc(C(F)(F)F)c1)c1ccc(Cl)cc1. The summed E-state index contributed by atoms with van der Waals surface area (Å²) in [6.45, 7) is 2.08. The Morgan fingerprint density at radius 2 is 1.57 bits per heavy atom. The third-order valence-electron chi connectivity index (χ3n) is 6.80. The zero-order valence-electron chi connectivity index (χ0n) is 22.0. The van der Waals surface area contributed by atoms with Gasteiger partial charge < -0.3 is 10.4 Å². The topological polar surface area (TPSA) is 90.2 Å². The first-order valence-electron chi connectivity index (χ1n) is 13.0. The van der Waals surface area contributed by atoms with E-state index in [0.29, 0.717) is 29.0 Å². The Hall–Kier alpha value is -3.83. The van der Waals surface area contributed by atoms with E-state index in [0.717, 1.165) is 36.1 Å². The second kappa shape index (κ2) is 14.0. The number of alkyl halides is 3. The first kappa shape index (κ1) is 30.7. The molecular formula is C31H30ClF3N2O3. The molecule has 3 rings (SSSR count). The first-order chi connectivity index (χ1) is 19.0. The van der Waals surface area contributed by atoms with Gasteiger partial charge in [0, 0.05) is 17.1 Å². The number of aryl methyl sites for hydroxylation is 1. The number of carbonyl (C=O) groups excluding carboxylic acids is 1. The monoisotopic (exact) mass is 570 g/mol. The molecular weight excluding hydrogens is 541 g/mol. The summed E-state index contributed by atoms with van der Waals surface area (Å²) in [5, 5.41) is 21.2. The molecule has 0 fully saturated rings. The number of benzene rings is 3. The number of aliphatic carboxylic acids is 1. The summed E-state index contributed by atoms with van der Waals surface area (Å²) >= 11 is 6.13.